The monoisotopic (exact) mass is 455 g/mol. The second-order valence-corrected chi connectivity index (χ2v) is 9.30. The average molecular weight is 456 g/mol. The fourth-order valence-corrected chi connectivity index (χ4v) is 5.16. The fourth-order valence-electron chi connectivity index (χ4n) is 3.90. The fraction of sp³-hybridized carbons (Fsp3) is 0.333. The molecule has 2 aromatic carbocycles. The third-order valence-electron chi connectivity index (χ3n) is 5.45. The van der Waals surface area contributed by atoms with Crippen LogP contribution in [-0.4, -0.2) is 49.4 Å². The molecule has 1 fully saturated rings. The molecule has 1 N–H and O–H groups in total. The van der Waals surface area contributed by atoms with E-state index in [0.717, 1.165) is 42.2 Å². The van der Waals surface area contributed by atoms with Gasteiger partial charge in [0.25, 0.3) is 5.91 Å². The number of anilines is 1. The van der Waals surface area contributed by atoms with E-state index in [4.69, 9.17) is 11.6 Å². The predicted octanol–water partition coefficient (Wildman–Crippen LogP) is 4.42. The molecule has 2 aliphatic heterocycles. The van der Waals surface area contributed by atoms with Crippen molar-refractivity contribution in [3.63, 3.8) is 0 Å². The zero-order valence-electron chi connectivity index (χ0n) is 17.4. The number of nitrogens with one attached hydrogen (secondary N) is 1. The molecule has 162 valence electrons. The minimum absolute atomic E-state index is 0.00695. The van der Waals surface area contributed by atoms with Crippen LogP contribution in [0.15, 0.2) is 58.3 Å². The SMILES string of the molecule is O=C(CN1C(=O)/C(=C/c2cccc(Cl)c2)Sc2ccccc21)NCCCN1CCCC1. The molecule has 0 unspecified atom stereocenters. The first-order valence-corrected chi connectivity index (χ1v) is 11.8. The zero-order valence-corrected chi connectivity index (χ0v) is 18.9. The van der Waals surface area contributed by atoms with Gasteiger partial charge in [-0.3, -0.25) is 14.5 Å². The van der Waals surface area contributed by atoms with Crippen molar-refractivity contribution >= 4 is 46.9 Å². The average Bonchev–Trinajstić information content (AvgIpc) is 3.28. The Morgan fingerprint density at radius 2 is 1.94 bits per heavy atom. The molecule has 0 aliphatic carbocycles. The standard InChI is InChI=1S/C24H26ClN3O2S/c25-19-8-5-7-18(15-19)16-22-24(30)28(20-9-1-2-10-21(20)31-22)17-23(29)26-11-6-14-27-12-3-4-13-27/h1-2,5,7-10,15-16H,3-4,6,11-14,17H2,(H,26,29)/b22-16-. The number of likely N-dealkylation sites (tertiary alicyclic amines) is 1. The molecular weight excluding hydrogens is 430 g/mol. The first kappa shape index (κ1) is 21.9. The number of halogens is 1. The molecule has 2 aliphatic rings. The number of fused-ring (bicyclic) bond motifs is 1. The summed E-state index contributed by atoms with van der Waals surface area (Å²) in [5, 5.41) is 3.59. The Balaban J connectivity index is 1.43. The highest BCUT2D eigenvalue weighted by Gasteiger charge is 2.30. The molecule has 0 saturated carbocycles. The third-order valence-corrected chi connectivity index (χ3v) is 6.76. The minimum Gasteiger partial charge on any atom is -0.355 e. The van der Waals surface area contributed by atoms with E-state index in [1.54, 1.807) is 11.0 Å². The molecule has 0 atom stereocenters. The Morgan fingerprint density at radius 1 is 1.13 bits per heavy atom. The van der Waals surface area contributed by atoms with Crippen LogP contribution in [0.2, 0.25) is 5.02 Å². The van der Waals surface area contributed by atoms with E-state index in [9.17, 15) is 9.59 Å². The lowest BCUT2D eigenvalue weighted by atomic mass is 10.2. The van der Waals surface area contributed by atoms with Crippen molar-refractivity contribution in [2.24, 2.45) is 0 Å². The van der Waals surface area contributed by atoms with Crippen LogP contribution in [0.4, 0.5) is 5.69 Å². The van der Waals surface area contributed by atoms with E-state index in [1.165, 1.54) is 24.6 Å². The van der Waals surface area contributed by atoms with Crippen LogP contribution in [0.25, 0.3) is 6.08 Å². The highest BCUT2D eigenvalue weighted by atomic mass is 35.5. The van der Waals surface area contributed by atoms with Gasteiger partial charge in [0.15, 0.2) is 0 Å². The summed E-state index contributed by atoms with van der Waals surface area (Å²) in [4.78, 5) is 31.4. The molecule has 31 heavy (non-hydrogen) atoms. The Hall–Kier alpha value is -2.28. The van der Waals surface area contributed by atoms with Crippen molar-refractivity contribution in [1.29, 1.82) is 0 Å². The highest BCUT2D eigenvalue weighted by molar-refractivity contribution is 8.04. The van der Waals surface area contributed by atoms with E-state index in [0.29, 0.717) is 16.5 Å². The number of rotatable bonds is 7. The Kier molecular flexibility index (Phi) is 7.33. The Bertz CT molecular complexity index is 988. The van der Waals surface area contributed by atoms with Gasteiger partial charge in [-0.1, -0.05) is 47.6 Å². The maximum Gasteiger partial charge on any atom is 0.265 e. The van der Waals surface area contributed by atoms with Crippen LogP contribution < -0.4 is 10.2 Å². The summed E-state index contributed by atoms with van der Waals surface area (Å²) < 4.78 is 0. The molecule has 2 amide bonds. The lowest BCUT2D eigenvalue weighted by Crippen LogP contribution is -2.43. The molecule has 5 nitrogen and oxygen atoms in total. The van der Waals surface area contributed by atoms with Crippen LogP contribution in [0.5, 0.6) is 0 Å². The van der Waals surface area contributed by atoms with Gasteiger partial charge in [-0.25, -0.2) is 0 Å². The van der Waals surface area contributed by atoms with E-state index in [1.807, 2.05) is 48.5 Å². The quantitative estimate of drug-likeness (QED) is 0.496. The van der Waals surface area contributed by atoms with Gasteiger partial charge < -0.3 is 10.2 Å². The van der Waals surface area contributed by atoms with E-state index < -0.39 is 0 Å². The van der Waals surface area contributed by atoms with Crippen LogP contribution in [0.1, 0.15) is 24.8 Å². The number of para-hydroxylation sites is 1. The van der Waals surface area contributed by atoms with Crippen molar-refractivity contribution in [1.82, 2.24) is 10.2 Å². The molecule has 4 rings (SSSR count). The maximum atomic E-state index is 13.2. The lowest BCUT2D eigenvalue weighted by molar-refractivity contribution is -0.122. The topological polar surface area (TPSA) is 52.7 Å². The first-order chi connectivity index (χ1) is 15.1. The molecule has 2 heterocycles. The largest absolute Gasteiger partial charge is 0.355 e. The zero-order chi connectivity index (χ0) is 21.6. The van der Waals surface area contributed by atoms with Crippen molar-refractivity contribution < 1.29 is 9.59 Å². The molecule has 0 bridgehead atoms. The summed E-state index contributed by atoms with van der Waals surface area (Å²) in [6, 6.07) is 15.1. The summed E-state index contributed by atoms with van der Waals surface area (Å²) in [7, 11) is 0. The van der Waals surface area contributed by atoms with Crippen molar-refractivity contribution in [2.45, 2.75) is 24.2 Å². The van der Waals surface area contributed by atoms with E-state index in [-0.39, 0.29) is 18.4 Å². The number of hydrogen-bond acceptors (Lipinski definition) is 4. The number of benzene rings is 2. The Labute approximate surface area is 192 Å². The minimum atomic E-state index is -0.170. The number of carbonyl (C=O) groups is 2. The van der Waals surface area contributed by atoms with Crippen LogP contribution >= 0.6 is 23.4 Å². The van der Waals surface area contributed by atoms with Gasteiger partial charge in [-0.15, -0.1) is 0 Å². The third kappa shape index (κ3) is 5.70. The van der Waals surface area contributed by atoms with Gasteiger partial charge in [0.2, 0.25) is 5.91 Å². The van der Waals surface area contributed by atoms with Crippen molar-refractivity contribution in [3.05, 3.63) is 64.0 Å². The molecule has 0 spiro atoms. The van der Waals surface area contributed by atoms with Gasteiger partial charge in [0.05, 0.1) is 10.6 Å². The summed E-state index contributed by atoms with van der Waals surface area (Å²) in [5.41, 5.74) is 1.63. The smallest absolute Gasteiger partial charge is 0.265 e. The van der Waals surface area contributed by atoms with Crippen molar-refractivity contribution in [2.75, 3.05) is 37.6 Å². The van der Waals surface area contributed by atoms with Gasteiger partial charge in [-0.05, 0) is 74.8 Å². The number of carbonyl (C=O) groups excluding carboxylic acids is 2. The van der Waals surface area contributed by atoms with Gasteiger partial charge in [-0.2, -0.15) is 0 Å². The van der Waals surface area contributed by atoms with Gasteiger partial charge in [0, 0.05) is 16.5 Å². The maximum absolute atomic E-state index is 13.2. The second kappa shape index (κ2) is 10.4. The summed E-state index contributed by atoms with van der Waals surface area (Å²) >= 11 is 7.51. The van der Waals surface area contributed by atoms with Gasteiger partial charge in [0.1, 0.15) is 6.54 Å². The number of hydrogen-bond donors (Lipinski definition) is 1. The van der Waals surface area contributed by atoms with E-state index >= 15 is 0 Å². The van der Waals surface area contributed by atoms with Crippen LogP contribution in [0, 0.1) is 0 Å². The molecule has 0 aromatic heterocycles. The molecule has 7 heteroatoms. The lowest BCUT2D eigenvalue weighted by Gasteiger charge is -2.29. The summed E-state index contributed by atoms with van der Waals surface area (Å²) in [6.45, 7) is 3.96. The molecule has 0 radical (unpaired) electrons. The van der Waals surface area contributed by atoms with Crippen LogP contribution in [0.3, 0.4) is 0 Å². The molecule has 1 saturated heterocycles. The number of thioether (sulfide) groups is 1. The van der Waals surface area contributed by atoms with Crippen molar-refractivity contribution in [3.8, 4) is 0 Å². The number of amides is 2. The first-order valence-electron chi connectivity index (χ1n) is 10.7. The summed E-state index contributed by atoms with van der Waals surface area (Å²) in [6.07, 6.45) is 5.29. The highest BCUT2D eigenvalue weighted by Crippen LogP contribution is 2.41. The normalized spacial score (nSPS) is 17.8. The molecular formula is C24H26ClN3O2S. The van der Waals surface area contributed by atoms with Crippen LogP contribution in [-0.2, 0) is 9.59 Å². The summed E-state index contributed by atoms with van der Waals surface area (Å²) in [5.74, 6) is -0.311. The molecule has 2 aromatic rings. The van der Waals surface area contributed by atoms with Gasteiger partial charge >= 0.3 is 0 Å². The van der Waals surface area contributed by atoms with E-state index in [2.05, 4.69) is 10.2 Å². The second-order valence-electron chi connectivity index (χ2n) is 7.78. The Morgan fingerprint density at radius 3 is 2.74 bits per heavy atom. The number of nitrogens with zero attached hydrogens (tertiary/aromatic N) is 2. The predicted molar refractivity (Wildman–Crippen MR) is 127 cm³/mol.